The molecule has 1 aromatic heterocycles. The minimum absolute atomic E-state index is 0.554. The zero-order valence-corrected chi connectivity index (χ0v) is 11.3. The van der Waals surface area contributed by atoms with E-state index in [1.807, 2.05) is 31.0 Å². The van der Waals surface area contributed by atoms with E-state index in [1.54, 1.807) is 10.7 Å². The molecular weight excluding hydrogens is 258 g/mol. The highest BCUT2D eigenvalue weighted by atomic mass is 16.4. The summed E-state index contributed by atoms with van der Waals surface area (Å²) in [4.78, 5) is 17.4. The highest BCUT2D eigenvalue weighted by Gasteiger charge is 2.22. The molecule has 0 saturated heterocycles. The third-order valence-corrected chi connectivity index (χ3v) is 3.32. The van der Waals surface area contributed by atoms with Gasteiger partial charge >= 0.3 is 6.09 Å². The SMILES string of the molecule is Cc1nc2n(n1)-c1cccc(NC(=O)O)c1N(C)CC2. The van der Waals surface area contributed by atoms with Crippen LogP contribution in [-0.2, 0) is 6.42 Å². The number of anilines is 2. The van der Waals surface area contributed by atoms with E-state index < -0.39 is 6.09 Å². The lowest BCUT2D eigenvalue weighted by Crippen LogP contribution is -2.21. The number of hydrogen-bond donors (Lipinski definition) is 2. The molecule has 0 saturated carbocycles. The Hall–Kier alpha value is -2.57. The van der Waals surface area contributed by atoms with E-state index in [9.17, 15) is 4.79 Å². The molecule has 1 aromatic carbocycles. The van der Waals surface area contributed by atoms with E-state index in [0.29, 0.717) is 11.5 Å². The van der Waals surface area contributed by atoms with Crippen molar-refractivity contribution in [3.05, 3.63) is 29.8 Å². The third kappa shape index (κ3) is 1.97. The van der Waals surface area contributed by atoms with Gasteiger partial charge in [0.15, 0.2) is 0 Å². The van der Waals surface area contributed by atoms with Gasteiger partial charge in [0.1, 0.15) is 11.6 Å². The van der Waals surface area contributed by atoms with Crippen molar-refractivity contribution in [1.29, 1.82) is 0 Å². The lowest BCUT2D eigenvalue weighted by atomic mass is 10.2. The number of aromatic nitrogens is 3. The van der Waals surface area contributed by atoms with Crippen LogP contribution in [0.3, 0.4) is 0 Å². The van der Waals surface area contributed by atoms with Crippen molar-refractivity contribution in [2.45, 2.75) is 13.3 Å². The minimum atomic E-state index is -1.08. The van der Waals surface area contributed by atoms with Crippen molar-refractivity contribution in [1.82, 2.24) is 14.8 Å². The van der Waals surface area contributed by atoms with Gasteiger partial charge in [-0.1, -0.05) is 6.07 Å². The number of para-hydroxylation sites is 1. The molecule has 2 N–H and O–H groups in total. The Morgan fingerprint density at radius 3 is 3.00 bits per heavy atom. The van der Waals surface area contributed by atoms with Gasteiger partial charge < -0.3 is 10.0 Å². The van der Waals surface area contributed by atoms with Gasteiger partial charge in [0.05, 0.1) is 17.1 Å². The van der Waals surface area contributed by atoms with Crippen LogP contribution < -0.4 is 10.2 Å². The highest BCUT2D eigenvalue weighted by Crippen LogP contribution is 2.34. The van der Waals surface area contributed by atoms with Crippen molar-refractivity contribution in [3.63, 3.8) is 0 Å². The third-order valence-electron chi connectivity index (χ3n) is 3.32. The molecule has 0 unspecified atom stereocenters. The number of nitrogens with zero attached hydrogens (tertiary/aromatic N) is 4. The maximum atomic E-state index is 10.9. The second kappa shape index (κ2) is 4.52. The van der Waals surface area contributed by atoms with Crippen LogP contribution in [0.1, 0.15) is 11.6 Å². The van der Waals surface area contributed by atoms with Crippen molar-refractivity contribution < 1.29 is 9.90 Å². The molecule has 0 atom stereocenters. The summed E-state index contributed by atoms with van der Waals surface area (Å²) in [7, 11) is 1.94. The van der Waals surface area contributed by atoms with Crippen LogP contribution >= 0.6 is 0 Å². The number of rotatable bonds is 1. The first kappa shape index (κ1) is 12.5. The molecule has 0 bridgehead atoms. The predicted molar refractivity (Wildman–Crippen MR) is 74.7 cm³/mol. The van der Waals surface area contributed by atoms with Crippen LogP contribution in [0.2, 0.25) is 0 Å². The van der Waals surface area contributed by atoms with E-state index in [2.05, 4.69) is 15.4 Å². The minimum Gasteiger partial charge on any atom is -0.465 e. The quantitative estimate of drug-likeness (QED) is 0.825. The molecule has 104 valence electrons. The molecule has 20 heavy (non-hydrogen) atoms. The number of amides is 1. The summed E-state index contributed by atoms with van der Waals surface area (Å²) >= 11 is 0. The van der Waals surface area contributed by atoms with Gasteiger partial charge in [-0.3, -0.25) is 5.32 Å². The van der Waals surface area contributed by atoms with Gasteiger partial charge in [0.2, 0.25) is 0 Å². The molecule has 2 aromatic rings. The second-order valence-corrected chi connectivity index (χ2v) is 4.76. The fourth-order valence-corrected chi connectivity index (χ4v) is 2.51. The monoisotopic (exact) mass is 273 g/mol. The van der Waals surface area contributed by atoms with Crippen LogP contribution in [0.25, 0.3) is 5.69 Å². The average Bonchev–Trinajstić information content (AvgIpc) is 2.70. The number of carbonyl (C=O) groups is 1. The van der Waals surface area contributed by atoms with Crippen LogP contribution in [-0.4, -0.2) is 39.6 Å². The molecule has 0 radical (unpaired) electrons. The number of hydrogen-bond acceptors (Lipinski definition) is 4. The first-order valence-electron chi connectivity index (χ1n) is 6.33. The molecular formula is C13H15N5O2. The Morgan fingerprint density at radius 1 is 1.45 bits per heavy atom. The summed E-state index contributed by atoms with van der Waals surface area (Å²) < 4.78 is 1.79. The summed E-state index contributed by atoms with van der Waals surface area (Å²) in [5, 5.41) is 15.8. The normalized spacial score (nSPS) is 13.4. The Labute approximate surface area is 115 Å². The van der Waals surface area contributed by atoms with Gasteiger partial charge in [0, 0.05) is 20.0 Å². The highest BCUT2D eigenvalue weighted by molar-refractivity contribution is 5.91. The second-order valence-electron chi connectivity index (χ2n) is 4.76. The van der Waals surface area contributed by atoms with E-state index in [-0.39, 0.29) is 0 Å². The van der Waals surface area contributed by atoms with E-state index in [1.165, 1.54) is 0 Å². The first-order valence-corrected chi connectivity index (χ1v) is 6.33. The van der Waals surface area contributed by atoms with Crippen molar-refractivity contribution >= 4 is 17.5 Å². The van der Waals surface area contributed by atoms with E-state index in [0.717, 1.165) is 30.2 Å². The van der Waals surface area contributed by atoms with Gasteiger partial charge in [-0.25, -0.2) is 14.5 Å². The van der Waals surface area contributed by atoms with Crippen molar-refractivity contribution in [2.75, 3.05) is 23.8 Å². The standard InChI is InChI=1S/C13H15N5O2/c1-8-14-11-6-7-17(2)12-9(15-13(19)20)4-3-5-10(12)18(11)16-8/h3-5,15H,6-7H2,1-2H3,(H,19,20). The lowest BCUT2D eigenvalue weighted by Gasteiger charge is -2.22. The summed E-state index contributed by atoms with van der Waals surface area (Å²) in [6.45, 7) is 2.60. The lowest BCUT2D eigenvalue weighted by molar-refractivity contribution is 0.210. The molecule has 0 fully saturated rings. The molecule has 1 aliphatic rings. The van der Waals surface area contributed by atoms with Crippen LogP contribution in [0.5, 0.6) is 0 Å². The number of fused-ring (bicyclic) bond motifs is 3. The molecule has 7 heteroatoms. The number of carboxylic acid groups (broad SMARTS) is 1. The van der Waals surface area contributed by atoms with Gasteiger partial charge in [0.25, 0.3) is 0 Å². The molecule has 1 amide bonds. The average molecular weight is 273 g/mol. The fourth-order valence-electron chi connectivity index (χ4n) is 2.51. The number of aryl methyl sites for hydroxylation is 1. The van der Waals surface area contributed by atoms with E-state index in [4.69, 9.17) is 5.11 Å². The summed E-state index contributed by atoms with van der Waals surface area (Å²) in [6.07, 6.45) is -0.315. The molecule has 7 nitrogen and oxygen atoms in total. The van der Waals surface area contributed by atoms with Crippen molar-refractivity contribution in [2.24, 2.45) is 0 Å². The molecule has 1 aliphatic heterocycles. The van der Waals surface area contributed by atoms with Crippen LogP contribution in [0.15, 0.2) is 18.2 Å². The maximum Gasteiger partial charge on any atom is 0.409 e. The van der Waals surface area contributed by atoms with Gasteiger partial charge in [-0.05, 0) is 19.1 Å². The van der Waals surface area contributed by atoms with E-state index >= 15 is 0 Å². The zero-order valence-electron chi connectivity index (χ0n) is 11.3. The fraction of sp³-hybridized carbons (Fsp3) is 0.308. The Balaban J connectivity index is 2.21. The van der Waals surface area contributed by atoms with Crippen LogP contribution in [0.4, 0.5) is 16.2 Å². The van der Waals surface area contributed by atoms with Gasteiger partial charge in [-0.2, -0.15) is 5.10 Å². The number of benzene rings is 1. The smallest absolute Gasteiger partial charge is 0.409 e. The molecule has 3 rings (SSSR count). The Morgan fingerprint density at radius 2 is 2.25 bits per heavy atom. The number of nitrogens with one attached hydrogen (secondary N) is 1. The number of likely N-dealkylation sites (N-methyl/N-ethyl adjacent to an activating group) is 1. The summed E-state index contributed by atoms with van der Waals surface area (Å²) in [5.41, 5.74) is 2.21. The largest absolute Gasteiger partial charge is 0.465 e. The van der Waals surface area contributed by atoms with Crippen molar-refractivity contribution in [3.8, 4) is 5.69 Å². The Kier molecular flexibility index (Phi) is 2.81. The molecule has 0 aliphatic carbocycles. The predicted octanol–water partition coefficient (Wildman–Crippen LogP) is 1.66. The molecule has 0 spiro atoms. The zero-order chi connectivity index (χ0) is 14.3. The molecule has 2 heterocycles. The van der Waals surface area contributed by atoms with Crippen LogP contribution in [0, 0.1) is 6.92 Å². The first-order chi connectivity index (χ1) is 9.56. The summed E-state index contributed by atoms with van der Waals surface area (Å²) in [6, 6.07) is 5.48. The van der Waals surface area contributed by atoms with Gasteiger partial charge in [-0.15, -0.1) is 0 Å². The Bertz CT molecular complexity index is 679. The maximum absolute atomic E-state index is 10.9. The topological polar surface area (TPSA) is 83.3 Å². The summed E-state index contributed by atoms with van der Waals surface area (Å²) in [5.74, 6) is 1.60.